The molecule has 0 aromatic carbocycles. The Bertz CT molecular complexity index is 690. The molecule has 1 N–H and O–H groups in total. The maximum absolute atomic E-state index is 11.6. The van der Waals surface area contributed by atoms with Gasteiger partial charge in [-0.1, -0.05) is 6.42 Å². The number of aryl methyl sites for hydroxylation is 2. The first-order chi connectivity index (χ1) is 10.7. The van der Waals surface area contributed by atoms with Crippen molar-refractivity contribution in [2.24, 2.45) is 0 Å². The predicted molar refractivity (Wildman–Crippen MR) is 84.5 cm³/mol. The van der Waals surface area contributed by atoms with Gasteiger partial charge in [0, 0.05) is 30.7 Å². The number of imidazole rings is 1. The molecule has 0 saturated carbocycles. The summed E-state index contributed by atoms with van der Waals surface area (Å²) >= 11 is 0. The summed E-state index contributed by atoms with van der Waals surface area (Å²) in [4.78, 5) is 25.9. The lowest BCUT2D eigenvalue weighted by Crippen LogP contribution is -2.35. The van der Waals surface area contributed by atoms with Crippen LogP contribution in [0.3, 0.4) is 0 Å². The summed E-state index contributed by atoms with van der Waals surface area (Å²) < 4.78 is 2.20. The van der Waals surface area contributed by atoms with Gasteiger partial charge in [-0.05, 0) is 33.2 Å². The Balaban J connectivity index is 1.85. The molecule has 1 aliphatic heterocycles. The van der Waals surface area contributed by atoms with E-state index in [0.29, 0.717) is 12.6 Å². The van der Waals surface area contributed by atoms with E-state index in [4.69, 9.17) is 0 Å². The molecule has 0 aliphatic carbocycles. The van der Waals surface area contributed by atoms with Crippen LogP contribution in [0.5, 0.6) is 0 Å². The van der Waals surface area contributed by atoms with E-state index < -0.39 is 0 Å². The van der Waals surface area contributed by atoms with Crippen LogP contribution in [0.4, 0.5) is 0 Å². The van der Waals surface area contributed by atoms with E-state index in [1.807, 2.05) is 19.3 Å². The molecule has 0 spiro atoms. The van der Waals surface area contributed by atoms with E-state index in [0.717, 1.165) is 36.9 Å². The highest BCUT2D eigenvalue weighted by Gasteiger charge is 2.27. The molecule has 22 heavy (non-hydrogen) atoms. The monoisotopic (exact) mass is 301 g/mol. The summed E-state index contributed by atoms with van der Waals surface area (Å²) in [5.74, 6) is 1.86. The first kappa shape index (κ1) is 15.0. The minimum absolute atomic E-state index is 0.0777. The molecule has 0 radical (unpaired) electrons. The van der Waals surface area contributed by atoms with Gasteiger partial charge in [0.1, 0.15) is 11.6 Å². The third-order valence-corrected chi connectivity index (χ3v) is 4.27. The molecule has 0 amide bonds. The third kappa shape index (κ3) is 3.11. The van der Waals surface area contributed by atoms with Crippen LogP contribution in [-0.4, -0.2) is 31.0 Å². The minimum Gasteiger partial charge on any atom is -0.334 e. The van der Waals surface area contributed by atoms with E-state index in [1.54, 1.807) is 0 Å². The van der Waals surface area contributed by atoms with Crippen molar-refractivity contribution in [2.75, 3.05) is 6.54 Å². The van der Waals surface area contributed by atoms with Crippen molar-refractivity contribution in [1.29, 1.82) is 0 Å². The van der Waals surface area contributed by atoms with Crippen molar-refractivity contribution < 1.29 is 0 Å². The van der Waals surface area contributed by atoms with Crippen molar-refractivity contribution in [1.82, 2.24) is 24.4 Å². The lowest BCUT2D eigenvalue weighted by molar-refractivity contribution is 0.127. The number of aromatic nitrogens is 4. The van der Waals surface area contributed by atoms with E-state index in [2.05, 4.69) is 31.3 Å². The molecule has 2 aromatic rings. The number of rotatable bonds is 4. The zero-order valence-electron chi connectivity index (χ0n) is 13.2. The normalized spacial score (nSPS) is 19.5. The molecule has 6 nitrogen and oxygen atoms in total. The molecule has 6 heteroatoms. The van der Waals surface area contributed by atoms with Gasteiger partial charge < -0.3 is 9.55 Å². The molecule has 1 aliphatic rings. The van der Waals surface area contributed by atoms with Gasteiger partial charge in [0.05, 0.1) is 12.6 Å². The van der Waals surface area contributed by atoms with Gasteiger partial charge >= 0.3 is 0 Å². The second-order valence-corrected chi connectivity index (χ2v) is 5.89. The van der Waals surface area contributed by atoms with Gasteiger partial charge in [-0.25, -0.2) is 9.97 Å². The van der Waals surface area contributed by atoms with Crippen LogP contribution in [-0.2, 0) is 13.1 Å². The quantitative estimate of drug-likeness (QED) is 0.938. The van der Waals surface area contributed by atoms with Crippen molar-refractivity contribution in [2.45, 2.75) is 52.2 Å². The Labute approximate surface area is 130 Å². The number of aromatic amines is 1. The molecule has 1 unspecified atom stereocenters. The highest BCUT2D eigenvalue weighted by atomic mass is 16.1. The van der Waals surface area contributed by atoms with Gasteiger partial charge in [-0.2, -0.15) is 0 Å². The van der Waals surface area contributed by atoms with Gasteiger partial charge in [0.2, 0.25) is 0 Å². The number of likely N-dealkylation sites (tertiary alicyclic amines) is 1. The fraction of sp³-hybridized carbons (Fsp3) is 0.562. The van der Waals surface area contributed by atoms with Gasteiger partial charge in [-0.15, -0.1) is 0 Å². The third-order valence-electron chi connectivity index (χ3n) is 4.27. The maximum Gasteiger partial charge on any atom is 0.251 e. The van der Waals surface area contributed by atoms with E-state index >= 15 is 0 Å². The van der Waals surface area contributed by atoms with Crippen molar-refractivity contribution >= 4 is 0 Å². The summed E-state index contributed by atoms with van der Waals surface area (Å²) in [6, 6.07) is 1.83. The van der Waals surface area contributed by atoms with Gasteiger partial charge in [0.25, 0.3) is 5.56 Å². The lowest BCUT2D eigenvalue weighted by Gasteiger charge is -2.35. The average Bonchev–Trinajstić information content (AvgIpc) is 2.95. The number of nitrogens with one attached hydrogen (secondary N) is 1. The SMILES string of the molecule is CCn1ccnc1C1CCCCN1Cc1nc(C)cc(=O)[nH]1. The van der Waals surface area contributed by atoms with Crippen LogP contribution >= 0.6 is 0 Å². The zero-order chi connectivity index (χ0) is 15.5. The van der Waals surface area contributed by atoms with E-state index in [-0.39, 0.29) is 5.56 Å². The fourth-order valence-corrected chi connectivity index (χ4v) is 3.27. The smallest absolute Gasteiger partial charge is 0.251 e. The van der Waals surface area contributed by atoms with E-state index in [1.165, 1.54) is 18.9 Å². The highest BCUT2D eigenvalue weighted by Crippen LogP contribution is 2.30. The van der Waals surface area contributed by atoms with Crippen LogP contribution < -0.4 is 5.56 Å². The van der Waals surface area contributed by atoms with Crippen LogP contribution in [0, 0.1) is 6.92 Å². The van der Waals surface area contributed by atoms with E-state index in [9.17, 15) is 4.79 Å². The molecule has 3 rings (SSSR count). The first-order valence-electron chi connectivity index (χ1n) is 7.99. The van der Waals surface area contributed by atoms with Crippen LogP contribution in [0.1, 0.15) is 49.6 Å². The number of H-pyrrole nitrogens is 1. The Morgan fingerprint density at radius 2 is 2.27 bits per heavy atom. The van der Waals surface area contributed by atoms with Crippen LogP contribution in [0.2, 0.25) is 0 Å². The molecule has 1 fully saturated rings. The number of hydrogen-bond donors (Lipinski definition) is 1. The molecule has 1 saturated heterocycles. The van der Waals surface area contributed by atoms with Gasteiger partial charge in [-0.3, -0.25) is 9.69 Å². The predicted octanol–water partition coefficient (Wildman–Crippen LogP) is 2.02. The van der Waals surface area contributed by atoms with Crippen molar-refractivity contribution in [3.8, 4) is 0 Å². The fourth-order valence-electron chi connectivity index (χ4n) is 3.27. The van der Waals surface area contributed by atoms with Crippen molar-refractivity contribution in [3.63, 3.8) is 0 Å². The summed E-state index contributed by atoms with van der Waals surface area (Å²) in [5, 5.41) is 0. The standard InChI is InChI=1S/C16H23N5O/c1-3-20-9-7-17-16(20)13-6-4-5-8-21(13)11-14-18-12(2)10-15(22)19-14/h7,9-10,13H,3-6,8,11H2,1-2H3,(H,18,19,22). The summed E-state index contributed by atoms with van der Waals surface area (Å²) in [7, 11) is 0. The van der Waals surface area contributed by atoms with Crippen molar-refractivity contribution in [3.05, 3.63) is 46.2 Å². The summed E-state index contributed by atoms with van der Waals surface area (Å²) in [6.45, 7) is 6.60. The first-order valence-corrected chi connectivity index (χ1v) is 7.99. The number of nitrogens with zero attached hydrogens (tertiary/aromatic N) is 4. The Hall–Kier alpha value is -1.95. The Morgan fingerprint density at radius 3 is 3.05 bits per heavy atom. The molecule has 1 atom stereocenters. The molecule has 118 valence electrons. The Morgan fingerprint density at radius 1 is 1.41 bits per heavy atom. The minimum atomic E-state index is -0.0777. The summed E-state index contributed by atoms with van der Waals surface area (Å²) in [5.41, 5.74) is 0.688. The maximum atomic E-state index is 11.6. The lowest BCUT2D eigenvalue weighted by atomic mass is 10.0. The molecule has 0 bridgehead atoms. The molecule has 2 aromatic heterocycles. The largest absolute Gasteiger partial charge is 0.334 e. The number of hydrogen-bond acceptors (Lipinski definition) is 4. The summed E-state index contributed by atoms with van der Waals surface area (Å²) in [6.07, 6.45) is 7.41. The second kappa shape index (κ2) is 6.44. The highest BCUT2D eigenvalue weighted by molar-refractivity contribution is 5.04. The Kier molecular flexibility index (Phi) is 4.38. The average molecular weight is 301 g/mol. The molecular weight excluding hydrogens is 278 g/mol. The number of piperidine rings is 1. The molecule has 3 heterocycles. The zero-order valence-corrected chi connectivity index (χ0v) is 13.2. The van der Waals surface area contributed by atoms with Crippen LogP contribution in [0.15, 0.2) is 23.3 Å². The molecular formula is C16H23N5O. The topological polar surface area (TPSA) is 66.8 Å². The van der Waals surface area contributed by atoms with Gasteiger partial charge in [0.15, 0.2) is 0 Å². The van der Waals surface area contributed by atoms with Crippen LogP contribution in [0.25, 0.3) is 0 Å². The second-order valence-electron chi connectivity index (χ2n) is 5.89.